The fourth-order valence-electron chi connectivity index (χ4n) is 1.54. The molecule has 19 heavy (non-hydrogen) atoms. The summed E-state index contributed by atoms with van der Waals surface area (Å²) in [6.45, 7) is 1.45. The minimum absolute atomic E-state index is 0. The molecule has 0 aliphatic heterocycles. The monoisotopic (exact) mass is 278 g/mol. The third-order valence-corrected chi connectivity index (χ3v) is 2.30. The molecule has 100 valence electrons. The number of para-hydroxylation sites is 1. The van der Waals surface area contributed by atoms with Crippen molar-refractivity contribution in [3.8, 4) is 11.5 Å². The molecular weight excluding hydrogens is 264 g/mol. The quantitative estimate of drug-likeness (QED) is 0.845. The van der Waals surface area contributed by atoms with E-state index in [4.69, 9.17) is 10.5 Å². The van der Waals surface area contributed by atoms with Crippen LogP contribution in [-0.4, -0.2) is 5.91 Å². The number of nitrogens with one attached hydrogen (secondary N) is 1. The summed E-state index contributed by atoms with van der Waals surface area (Å²) >= 11 is 0. The van der Waals surface area contributed by atoms with Gasteiger partial charge in [0.05, 0.1) is 5.69 Å². The second-order valence-corrected chi connectivity index (χ2v) is 3.85. The number of hydrogen-bond donors (Lipinski definition) is 2. The van der Waals surface area contributed by atoms with Gasteiger partial charge >= 0.3 is 0 Å². The summed E-state index contributed by atoms with van der Waals surface area (Å²) in [5, 5.41) is 2.66. The van der Waals surface area contributed by atoms with Gasteiger partial charge in [0.25, 0.3) is 0 Å². The summed E-state index contributed by atoms with van der Waals surface area (Å²) in [6, 6.07) is 14.5. The maximum atomic E-state index is 10.9. The molecule has 4 nitrogen and oxygen atoms in total. The van der Waals surface area contributed by atoms with Gasteiger partial charge in [-0.2, -0.15) is 0 Å². The van der Waals surface area contributed by atoms with Crippen molar-refractivity contribution in [3.63, 3.8) is 0 Å². The molecule has 0 aromatic heterocycles. The number of anilines is 2. The maximum Gasteiger partial charge on any atom is 0.221 e. The van der Waals surface area contributed by atoms with E-state index in [1.165, 1.54) is 6.92 Å². The van der Waals surface area contributed by atoms with Gasteiger partial charge in [0.2, 0.25) is 5.91 Å². The molecule has 2 aromatic carbocycles. The first-order valence-electron chi connectivity index (χ1n) is 5.55. The normalized spacial score (nSPS) is 9.32. The molecule has 0 spiro atoms. The van der Waals surface area contributed by atoms with Gasteiger partial charge in [-0.15, -0.1) is 12.4 Å². The highest BCUT2D eigenvalue weighted by molar-refractivity contribution is 5.89. The fraction of sp³-hybridized carbons (Fsp3) is 0.0714. The highest BCUT2D eigenvalue weighted by Crippen LogP contribution is 2.29. The Hall–Kier alpha value is -2.20. The van der Waals surface area contributed by atoms with Crippen LogP contribution in [0, 0.1) is 0 Å². The Labute approximate surface area is 118 Å². The molecule has 1 amide bonds. The first-order chi connectivity index (χ1) is 8.65. The SMILES string of the molecule is CC(=O)Nc1ccc(Oc2ccccc2)c(N)c1.Cl. The molecule has 0 aliphatic rings. The number of benzene rings is 2. The molecule has 0 fully saturated rings. The van der Waals surface area contributed by atoms with Crippen LogP contribution in [0.15, 0.2) is 48.5 Å². The number of carbonyl (C=O) groups excluding carboxylic acids is 1. The van der Waals surface area contributed by atoms with E-state index in [0.717, 1.165) is 5.75 Å². The molecule has 5 heteroatoms. The van der Waals surface area contributed by atoms with Crippen LogP contribution in [0.5, 0.6) is 11.5 Å². The van der Waals surface area contributed by atoms with E-state index in [1.807, 2.05) is 30.3 Å². The van der Waals surface area contributed by atoms with Crippen LogP contribution in [0.1, 0.15) is 6.92 Å². The predicted octanol–water partition coefficient (Wildman–Crippen LogP) is 3.44. The molecule has 2 rings (SSSR count). The van der Waals surface area contributed by atoms with Crippen molar-refractivity contribution in [1.82, 2.24) is 0 Å². The van der Waals surface area contributed by atoms with E-state index >= 15 is 0 Å². The van der Waals surface area contributed by atoms with Crippen LogP contribution in [0.25, 0.3) is 0 Å². The molecular formula is C14H15ClN2O2. The second-order valence-electron chi connectivity index (χ2n) is 3.85. The minimum Gasteiger partial charge on any atom is -0.455 e. The Morgan fingerprint density at radius 2 is 1.84 bits per heavy atom. The van der Waals surface area contributed by atoms with Gasteiger partial charge in [-0.25, -0.2) is 0 Å². The average molecular weight is 279 g/mol. The van der Waals surface area contributed by atoms with Crippen molar-refractivity contribution < 1.29 is 9.53 Å². The Morgan fingerprint density at radius 1 is 1.16 bits per heavy atom. The number of nitrogen functional groups attached to an aromatic ring is 1. The largest absolute Gasteiger partial charge is 0.455 e. The van der Waals surface area contributed by atoms with E-state index in [1.54, 1.807) is 18.2 Å². The number of amides is 1. The third-order valence-electron chi connectivity index (χ3n) is 2.30. The van der Waals surface area contributed by atoms with E-state index in [9.17, 15) is 4.79 Å². The third kappa shape index (κ3) is 4.19. The van der Waals surface area contributed by atoms with Crippen molar-refractivity contribution in [2.45, 2.75) is 6.92 Å². The molecule has 0 unspecified atom stereocenters. The fourth-order valence-corrected chi connectivity index (χ4v) is 1.54. The second kappa shape index (κ2) is 6.66. The lowest BCUT2D eigenvalue weighted by atomic mass is 10.2. The van der Waals surface area contributed by atoms with Crippen molar-refractivity contribution in [2.24, 2.45) is 0 Å². The predicted molar refractivity (Wildman–Crippen MR) is 78.9 cm³/mol. The van der Waals surface area contributed by atoms with E-state index < -0.39 is 0 Å². The number of ether oxygens (including phenoxy) is 1. The van der Waals surface area contributed by atoms with Gasteiger partial charge in [-0.3, -0.25) is 4.79 Å². The molecule has 0 saturated carbocycles. The van der Waals surface area contributed by atoms with Crippen LogP contribution >= 0.6 is 12.4 Å². The molecule has 0 atom stereocenters. The van der Waals surface area contributed by atoms with Gasteiger partial charge < -0.3 is 15.8 Å². The van der Waals surface area contributed by atoms with Crippen molar-refractivity contribution in [3.05, 3.63) is 48.5 Å². The number of halogens is 1. The molecule has 0 saturated heterocycles. The van der Waals surface area contributed by atoms with Crippen molar-refractivity contribution in [2.75, 3.05) is 11.1 Å². The summed E-state index contributed by atoms with van der Waals surface area (Å²) in [6.07, 6.45) is 0. The topological polar surface area (TPSA) is 64.3 Å². The number of carbonyl (C=O) groups is 1. The summed E-state index contributed by atoms with van der Waals surface area (Å²) in [5.41, 5.74) is 7.00. The Balaban J connectivity index is 0.00000180. The van der Waals surface area contributed by atoms with Crippen molar-refractivity contribution >= 4 is 29.7 Å². The highest BCUT2D eigenvalue weighted by Gasteiger charge is 2.04. The number of hydrogen-bond acceptors (Lipinski definition) is 3. The van der Waals surface area contributed by atoms with Gasteiger partial charge in [0, 0.05) is 12.6 Å². The Morgan fingerprint density at radius 3 is 2.42 bits per heavy atom. The van der Waals surface area contributed by atoms with Crippen LogP contribution in [0.2, 0.25) is 0 Å². The van der Waals surface area contributed by atoms with Gasteiger partial charge in [0.1, 0.15) is 11.5 Å². The number of rotatable bonds is 3. The molecule has 0 aliphatic carbocycles. The lowest BCUT2D eigenvalue weighted by Crippen LogP contribution is -2.06. The van der Waals surface area contributed by atoms with Crippen LogP contribution in [-0.2, 0) is 4.79 Å². The van der Waals surface area contributed by atoms with Crippen LogP contribution in [0.3, 0.4) is 0 Å². The molecule has 0 heterocycles. The zero-order chi connectivity index (χ0) is 13.0. The molecule has 0 bridgehead atoms. The van der Waals surface area contributed by atoms with Crippen LogP contribution in [0.4, 0.5) is 11.4 Å². The molecule has 3 N–H and O–H groups in total. The number of nitrogens with two attached hydrogens (primary N) is 1. The van der Waals surface area contributed by atoms with E-state index in [2.05, 4.69) is 5.32 Å². The molecule has 0 radical (unpaired) electrons. The van der Waals surface area contributed by atoms with E-state index in [-0.39, 0.29) is 18.3 Å². The lowest BCUT2D eigenvalue weighted by molar-refractivity contribution is -0.114. The zero-order valence-electron chi connectivity index (χ0n) is 10.4. The zero-order valence-corrected chi connectivity index (χ0v) is 11.2. The standard InChI is InChI=1S/C14H14N2O2.ClH/c1-10(17)16-11-7-8-14(13(15)9-11)18-12-5-3-2-4-6-12;/h2-9H,15H2,1H3,(H,16,17);1H. The highest BCUT2D eigenvalue weighted by atomic mass is 35.5. The van der Waals surface area contributed by atoms with Gasteiger partial charge in [-0.05, 0) is 30.3 Å². The van der Waals surface area contributed by atoms with Crippen LogP contribution < -0.4 is 15.8 Å². The van der Waals surface area contributed by atoms with Gasteiger partial charge in [-0.1, -0.05) is 18.2 Å². The smallest absolute Gasteiger partial charge is 0.221 e. The van der Waals surface area contributed by atoms with Crippen molar-refractivity contribution in [1.29, 1.82) is 0 Å². The minimum atomic E-state index is -0.133. The first kappa shape index (κ1) is 14.9. The average Bonchev–Trinajstić information content (AvgIpc) is 2.33. The maximum absolute atomic E-state index is 10.9. The Kier molecular flexibility index (Phi) is 5.21. The van der Waals surface area contributed by atoms with Gasteiger partial charge in [0.15, 0.2) is 0 Å². The summed E-state index contributed by atoms with van der Waals surface area (Å²) in [7, 11) is 0. The summed E-state index contributed by atoms with van der Waals surface area (Å²) in [4.78, 5) is 10.9. The molecule has 2 aromatic rings. The summed E-state index contributed by atoms with van der Waals surface area (Å²) in [5.74, 6) is 1.15. The van der Waals surface area contributed by atoms with E-state index in [0.29, 0.717) is 17.1 Å². The first-order valence-corrected chi connectivity index (χ1v) is 5.55. The summed E-state index contributed by atoms with van der Waals surface area (Å²) < 4.78 is 5.63. The lowest BCUT2D eigenvalue weighted by Gasteiger charge is -2.10. The Bertz CT molecular complexity index is 559.